The van der Waals surface area contributed by atoms with Crippen LogP contribution < -0.4 is 10.1 Å². The van der Waals surface area contributed by atoms with E-state index in [1.165, 1.54) is 0 Å². The van der Waals surface area contributed by atoms with E-state index in [4.69, 9.17) is 27.9 Å². The molecule has 2 aromatic carbocycles. The highest BCUT2D eigenvalue weighted by molar-refractivity contribution is 6.36. The number of hydrogen-bond acceptors (Lipinski definition) is 2. The zero-order valence-electron chi connectivity index (χ0n) is 12.6. The second kappa shape index (κ2) is 6.14. The van der Waals surface area contributed by atoms with Gasteiger partial charge in [0.1, 0.15) is 11.4 Å². The van der Waals surface area contributed by atoms with Crippen molar-refractivity contribution < 1.29 is 9.53 Å². The third-order valence-corrected chi connectivity index (χ3v) is 4.23. The molecule has 0 saturated heterocycles. The molecular weight excluding hydrogens is 335 g/mol. The molecule has 1 amide bonds. The van der Waals surface area contributed by atoms with E-state index in [2.05, 4.69) is 5.32 Å². The second-order valence-corrected chi connectivity index (χ2v) is 5.90. The van der Waals surface area contributed by atoms with E-state index in [1.54, 1.807) is 31.4 Å². The van der Waals surface area contributed by atoms with E-state index in [1.807, 2.05) is 29.8 Å². The predicted octanol–water partition coefficient (Wildman–Crippen LogP) is 4.75. The van der Waals surface area contributed by atoms with E-state index in [0.29, 0.717) is 21.4 Å². The number of methoxy groups -OCH3 is 1. The highest BCUT2D eigenvalue weighted by Crippen LogP contribution is 2.29. The lowest BCUT2D eigenvalue weighted by Crippen LogP contribution is -2.15. The number of halogens is 2. The normalized spacial score (nSPS) is 10.8. The summed E-state index contributed by atoms with van der Waals surface area (Å²) < 4.78 is 7.16. The molecule has 4 nitrogen and oxygen atoms in total. The first kappa shape index (κ1) is 15.7. The summed E-state index contributed by atoms with van der Waals surface area (Å²) in [6.45, 7) is 0. The Morgan fingerprint density at radius 3 is 2.65 bits per heavy atom. The Labute approximate surface area is 143 Å². The van der Waals surface area contributed by atoms with Gasteiger partial charge in [-0.1, -0.05) is 29.3 Å². The summed E-state index contributed by atoms with van der Waals surface area (Å²) in [5.41, 5.74) is 1.94. The Hall–Kier alpha value is -2.17. The molecule has 0 atom stereocenters. The number of aromatic nitrogens is 1. The number of carbonyl (C=O) groups excluding carboxylic acids is 1. The van der Waals surface area contributed by atoms with Crippen LogP contribution in [0.2, 0.25) is 10.0 Å². The van der Waals surface area contributed by atoms with Crippen LogP contribution in [0.15, 0.2) is 42.5 Å². The van der Waals surface area contributed by atoms with Crippen molar-refractivity contribution in [2.75, 3.05) is 12.4 Å². The van der Waals surface area contributed by atoms with Gasteiger partial charge in [0.15, 0.2) is 0 Å². The van der Waals surface area contributed by atoms with Crippen molar-refractivity contribution in [3.05, 3.63) is 58.2 Å². The van der Waals surface area contributed by atoms with Gasteiger partial charge in [-0.3, -0.25) is 4.79 Å². The maximum absolute atomic E-state index is 12.6. The number of fused-ring (bicyclic) bond motifs is 1. The van der Waals surface area contributed by atoms with Gasteiger partial charge in [0.05, 0.1) is 23.3 Å². The molecule has 0 aliphatic rings. The van der Waals surface area contributed by atoms with Crippen molar-refractivity contribution in [2.45, 2.75) is 0 Å². The highest BCUT2D eigenvalue weighted by Gasteiger charge is 2.16. The lowest BCUT2D eigenvalue weighted by atomic mass is 10.2. The quantitative estimate of drug-likeness (QED) is 0.742. The zero-order chi connectivity index (χ0) is 16.6. The van der Waals surface area contributed by atoms with E-state index in [9.17, 15) is 4.79 Å². The topological polar surface area (TPSA) is 43.3 Å². The SMILES string of the molecule is COc1cccc2c1cc(C(=O)Nc1ccc(Cl)cc1Cl)n2C. The number of carbonyl (C=O) groups is 1. The first-order chi connectivity index (χ1) is 11.0. The fourth-order valence-corrected chi connectivity index (χ4v) is 2.96. The molecule has 23 heavy (non-hydrogen) atoms. The Balaban J connectivity index is 1.99. The summed E-state index contributed by atoms with van der Waals surface area (Å²) in [6, 6.07) is 12.4. The van der Waals surface area contributed by atoms with Crippen molar-refractivity contribution in [1.29, 1.82) is 0 Å². The van der Waals surface area contributed by atoms with Crippen molar-refractivity contribution >= 4 is 45.7 Å². The molecule has 0 spiro atoms. The van der Waals surface area contributed by atoms with Crippen LogP contribution in [-0.2, 0) is 7.05 Å². The number of amides is 1. The Kier molecular flexibility index (Phi) is 4.20. The molecule has 3 aromatic rings. The lowest BCUT2D eigenvalue weighted by molar-refractivity contribution is 0.102. The first-order valence-corrected chi connectivity index (χ1v) is 7.65. The molecule has 1 N–H and O–H groups in total. The minimum absolute atomic E-state index is 0.255. The number of ether oxygens (including phenoxy) is 1. The van der Waals surface area contributed by atoms with Crippen LogP contribution in [0, 0.1) is 0 Å². The molecule has 0 aliphatic heterocycles. The summed E-state index contributed by atoms with van der Waals surface area (Å²) in [6.07, 6.45) is 0. The molecule has 0 unspecified atom stereocenters. The molecule has 0 fully saturated rings. The van der Waals surface area contributed by atoms with Crippen molar-refractivity contribution in [3.63, 3.8) is 0 Å². The predicted molar refractivity (Wildman–Crippen MR) is 93.9 cm³/mol. The van der Waals surface area contributed by atoms with Gasteiger partial charge < -0.3 is 14.6 Å². The minimum atomic E-state index is -0.255. The largest absolute Gasteiger partial charge is 0.496 e. The van der Waals surface area contributed by atoms with Gasteiger partial charge in [-0.2, -0.15) is 0 Å². The minimum Gasteiger partial charge on any atom is -0.496 e. The third-order valence-electron chi connectivity index (χ3n) is 3.68. The number of hydrogen-bond donors (Lipinski definition) is 1. The average molecular weight is 349 g/mol. The van der Waals surface area contributed by atoms with E-state index >= 15 is 0 Å². The molecular formula is C17H14Cl2N2O2. The number of benzene rings is 2. The molecule has 1 aromatic heterocycles. The van der Waals surface area contributed by atoms with Gasteiger partial charge in [-0.05, 0) is 36.4 Å². The van der Waals surface area contributed by atoms with Gasteiger partial charge in [0.2, 0.25) is 0 Å². The summed E-state index contributed by atoms with van der Waals surface area (Å²) in [7, 11) is 3.44. The van der Waals surface area contributed by atoms with Gasteiger partial charge in [0.25, 0.3) is 5.91 Å². The number of anilines is 1. The molecule has 6 heteroatoms. The zero-order valence-corrected chi connectivity index (χ0v) is 14.1. The average Bonchev–Trinajstić information content (AvgIpc) is 2.87. The van der Waals surface area contributed by atoms with Gasteiger partial charge in [-0.15, -0.1) is 0 Å². The standard InChI is InChI=1S/C17H14Cl2N2O2/c1-21-14-4-3-5-16(23-2)11(14)9-15(21)17(22)20-13-7-6-10(18)8-12(13)19/h3-9H,1-2H3,(H,20,22). The molecule has 3 rings (SSSR count). The molecule has 0 bridgehead atoms. The van der Waals surface area contributed by atoms with Crippen LogP contribution in [0.4, 0.5) is 5.69 Å². The van der Waals surface area contributed by atoms with Crippen LogP contribution in [0.1, 0.15) is 10.5 Å². The first-order valence-electron chi connectivity index (χ1n) is 6.90. The Morgan fingerprint density at radius 1 is 1.17 bits per heavy atom. The van der Waals surface area contributed by atoms with Gasteiger partial charge in [0, 0.05) is 17.5 Å². The monoisotopic (exact) mass is 348 g/mol. The van der Waals surface area contributed by atoms with E-state index in [-0.39, 0.29) is 5.91 Å². The highest BCUT2D eigenvalue weighted by atomic mass is 35.5. The van der Waals surface area contributed by atoms with Gasteiger partial charge in [-0.25, -0.2) is 0 Å². The molecule has 0 saturated carbocycles. The lowest BCUT2D eigenvalue weighted by Gasteiger charge is -2.08. The summed E-state index contributed by atoms with van der Waals surface area (Å²) in [4.78, 5) is 12.6. The van der Waals surface area contributed by atoms with Gasteiger partial charge >= 0.3 is 0 Å². The third kappa shape index (κ3) is 2.87. The fourth-order valence-electron chi connectivity index (χ4n) is 2.51. The molecule has 0 radical (unpaired) electrons. The number of nitrogens with zero attached hydrogens (tertiary/aromatic N) is 1. The number of rotatable bonds is 3. The van der Waals surface area contributed by atoms with E-state index in [0.717, 1.165) is 16.7 Å². The van der Waals surface area contributed by atoms with Crippen molar-refractivity contribution in [3.8, 4) is 5.75 Å². The summed E-state index contributed by atoms with van der Waals surface area (Å²) in [5, 5.41) is 4.59. The van der Waals surface area contributed by atoms with Crippen molar-refractivity contribution in [2.24, 2.45) is 7.05 Å². The Bertz CT molecular complexity index is 903. The summed E-state index contributed by atoms with van der Waals surface area (Å²) >= 11 is 12.0. The second-order valence-electron chi connectivity index (χ2n) is 5.06. The molecule has 1 heterocycles. The van der Waals surface area contributed by atoms with Crippen LogP contribution in [0.25, 0.3) is 10.9 Å². The van der Waals surface area contributed by atoms with Crippen molar-refractivity contribution in [1.82, 2.24) is 4.57 Å². The molecule has 118 valence electrons. The van der Waals surface area contributed by atoms with Crippen LogP contribution in [-0.4, -0.2) is 17.6 Å². The smallest absolute Gasteiger partial charge is 0.272 e. The number of aryl methyl sites for hydroxylation is 1. The number of nitrogens with one attached hydrogen (secondary N) is 1. The Morgan fingerprint density at radius 2 is 1.96 bits per heavy atom. The van der Waals surface area contributed by atoms with Crippen LogP contribution in [0.5, 0.6) is 5.75 Å². The maximum Gasteiger partial charge on any atom is 0.272 e. The van der Waals surface area contributed by atoms with Crippen LogP contribution >= 0.6 is 23.2 Å². The van der Waals surface area contributed by atoms with Crippen LogP contribution in [0.3, 0.4) is 0 Å². The van der Waals surface area contributed by atoms with E-state index < -0.39 is 0 Å². The molecule has 0 aliphatic carbocycles. The fraction of sp³-hybridized carbons (Fsp3) is 0.118. The maximum atomic E-state index is 12.6. The summed E-state index contributed by atoms with van der Waals surface area (Å²) in [5.74, 6) is 0.469.